The van der Waals surface area contributed by atoms with Crippen molar-refractivity contribution in [1.29, 1.82) is 0 Å². The van der Waals surface area contributed by atoms with Crippen LogP contribution >= 0.6 is 23.2 Å². The first-order valence-corrected chi connectivity index (χ1v) is 5.86. The third-order valence-corrected chi connectivity index (χ3v) is 3.22. The number of hydrogen-bond acceptors (Lipinski definition) is 2. The highest BCUT2D eigenvalue weighted by Crippen LogP contribution is 2.25. The number of hydrogen-bond donors (Lipinski definition) is 1. The van der Waals surface area contributed by atoms with Crippen molar-refractivity contribution < 1.29 is 4.84 Å². The van der Waals surface area contributed by atoms with Gasteiger partial charge in [-0.15, -0.1) is 11.6 Å². The van der Waals surface area contributed by atoms with Crippen LogP contribution in [0.2, 0.25) is 5.02 Å². The molecule has 0 aliphatic heterocycles. The van der Waals surface area contributed by atoms with Crippen molar-refractivity contribution in [3.05, 3.63) is 45.7 Å². The molecular formula is C12H15Cl2NO. The molecule has 0 aliphatic rings. The molecule has 0 heterocycles. The Morgan fingerprint density at radius 3 is 2.62 bits per heavy atom. The van der Waals surface area contributed by atoms with E-state index in [4.69, 9.17) is 33.9 Å². The maximum absolute atomic E-state index is 6.15. The van der Waals surface area contributed by atoms with Gasteiger partial charge in [-0.25, -0.2) is 0 Å². The van der Waals surface area contributed by atoms with Gasteiger partial charge in [0.2, 0.25) is 0 Å². The van der Waals surface area contributed by atoms with Crippen LogP contribution in [0.1, 0.15) is 25.0 Å². The van der Waals surface area contributed by atoms with Gasteiger partial charge in [0.15, 0.2) is 0 Å². The van der Waals surface area contributed by atoms with E-state index in [1.165, 1.54) is 0 Å². The van der Waals surface area contributed by atoms with Gasteiger partial charge in [-0.1, -0.05) is 23.7 Å². The Morgan fingerprint density at radius 2 is 2.06 bits per heavy atom. The number of halogens is 2. The topological polar surface area (TPSA) is 35.2 Å². The second kappa shape index (κ2) is 6.14. The van der Waals surface area contributed by atoms with Gasteiger partial charge in [-0.2, -0.15) is 5.90 Å². The summed E-state index contributed by atoms with van der Waals surface area (Å²) < 4.78 is 0. The van der Waals surface area contributed by atoms with Gasteiger partial charge >= 0.3 is 0 Å². The number of alkyl halides is 1. The van der Waals surface area contributed by atoms with Gasteiger partial charge in [0.1, 0.15) is 5.76 Å². The summed E-state index contributed by atoms with van der Waals surface area (Å²) in [7, 11) is 0. The van der Waals surface area contributed by atoms with Crippen molar-refractivity contribution in [2.75, 3.05) is 0 Å². The molecule has 0 aliphatic carbocycles. The summed E-state index contributed by atoms with van der Waals surface area (Å²) in [4.78, 5) is 4.70. The lowest BCUT2D eigenvalue weighted by atomic mass is 10.0. The fourth-order valence-electron chi connectivity index (χ4n) is 1.42. The fourth-order valence-corrected chi connectivity index (χ4v) is 1.93. The molecule has 4 heteroatoms. The molecule has 16 heavy (non-hydrogen) atoms. The highest BCUT2D eigenvalue weighted by atomic mass is 35.5. The zero-order valence-corrected chi connectivity index (χ0v) is 10.9. The van der Waals surface area contributed by atoms with Crippen molar-refractivity contribution in [3.63, 3.8) is 0 Å². The van der Waals surface area contributed by atoms with E-state index in [1.807, 2.05) is 32.0 Å². The Kier molecular flexibility index (Phi) is 5.13. The van der Waals surface area contributed by atoms with Gasteiger partial charge in [0.05, 0.1) is 0 Å². The lowest BCUT2D eigenvalue weighted by Crippen LogP contribution is -2.02. The van der Waals surface area contributed by atoms with E-state index < -0.39 is 0 Å². The molecule has 0 unspecified atom stereocenters. The molecular weight excluding hydrogens is 245 g/mol. The first-order valence-electron chi connectivity index (χ1n) is 4.95. The molecule has 0 saturated heterocycles. The molecule has 0 atom stereocenters. The van der Waals surface area contributed by atoms with E-state index in [0.717, 1.165) is 21.7 Å². The van der Waals surface area contributed by atoms with E-state index in [9.17, 15) is 0 Å². The van der Waals surface area contributed by atoms with Crippen molar-refractivity contribution >= 4 is 23.2 Å². The number of rotatable bonds is 4. The van der Waals surface area contributed by atoms with Crippen LogP contribution in [0, 0.1) is 0 Å². The summed E-state index contributed by atoms with van der Waals surface area (Å²) in [5.41, 5.74) is 3.12. The minimum Gasteiger partial charge on any atom is -0.416 e. The predicted octanol–water partition coefficient (Wildman–Crippen LogP) is 3.81. The molecule has 1 aromatic rings. The Morgan fingerprint density at radius 1 is 1.38 bits per heavy atom. The third-order valence-electron chi connectivity index (χ3n) is 2.58. The van der Waals surface area contributed by atoms with E-state index in [1.54, 1.807) is 0 Å². The van der Waals surface area contributed by atoms with Crippen LogP contribution in [0.15, 0.2) is 29.5 Å². The summed E-state index contributed by atoms with van der Waals surface area (Å²) in [5.74, 6) is 6.28. The Balaban J connectivity index is 3.05. The zero-order chi connectivity index (χ0) is 12.1. The molecule has 0 bridgehead atoms. The molecule has 2 nitrogen and oxygen atoms in total. The van der Waals surface area contributed by atoms with Gasteiger partial charge in [-0.05, 0) is 43.0 Å². The third kappa shape index (κ3) is 3.14. The average Bonchev–Trinajstić information content (AvgIpc) is 2.30. The molecule has 1 rings (SSSR count). The maximum atomic E-state index is 6.15. The minimum absolute atomic E-state index is 0.450. The molecule has 0 aromatic heterocycles. The van der Waals surface area contributed by atoms with E-state index in [2.05, 4.69) is 0 Å². The summed E-state index contributed by atoms with van der Waals surface area (Å²) >= 11 is 12.0. The van der Waals surface area contributed by atoms with Gasteiger partial charge in [0.25, 0.3) is 0 Å². The zero-order valence-electron chi connectivity index (χ0n) is 9.39. The van der Waals surface area contributed by atoms with Gasteiger partial charge < -0.3 is 4.84 Å². The lowest BCUT2D eigenvalue weighted by Gasteiger charge is -2.11. The summed E-state index contributed by atoms with van der Waals surface area (Å²) in [5, 5.41) is 0.724. The van der Waals surface area contributed by atoms with Crippen LogP contribution in [-0.2, 0) is 17.1 Å². The van der Waals surface area contributed by atoms with Crippen molar-refractivity contribution in [2.45, 2.75) is 26.1 Å². The van der Waals surface area contributed by atoms with Crippen LogP contribution in [0.25, 0.3) is 0 Å². The van der Waals surface area contributed by atoms with Crippen molar-refractivity contribution in [3.8, 4) is 0 Å². The number of benzene rings is 1. The first kappa shape index (κ1) is 13.4. The summed E-state index contributed by atoms with van der Waals surface area (Å²) in [6.45, 7) is 3.79. The van der Waals surface area contributed by atoms with Crippen molar-refractivity contribution in [1.82, 2.24) is 0 Å². The van der Waals surface area contributed by atoms with Gasteiger partial charge in [0, 0.05) is 10.9 Å². The molecule has 0 radical (unpaired) electrons. The number of nitrogens with two attached hydrogens (primary N) is 1. The van der Waals surface area contributed by atoms with Crippen LogP contribution in [-0.4, -0.2) is 0 Å². The Hall–Kier alpha value is -0.700. The Bertz CT molecular complexity index is 402. The highest BCUT2D eigenvalue weighted by molar-refractivity contribution is 6.31. The highest BCUT2D eigenvalue weighted by Gasteiger charge is 2.08. The monoisotopic (exact) mass is 259 g/mol. The molecule has 2 N–H and O–H groups in total. The van der Waals surface area contributed by atoms with E-state index in [0.29, 0.717) is 18.1 Å². The summed E-state index contributed by atoms with van der Waals surface area (Å²) in [6, 6.07) is 5.73. The quantitative estimate of drug-likeness (QED) is 0.507. The van der Waals surface area contributed by atoms with E-state index in [-0.39, 0.29) is 0 Å². The molecule has 0 spiro atoms. The smallest absolute Gasteiger partial charge is 0.120 e. The number of allylic oxidation sites excluding steroid dienone is 2. The molecule has 0 amide bonds. The summed E-state index contributed by atoms with van der Waals surface area (Å²) in [6.07, 6.45) is 0.699. The predicted molar refractivity (Wildman–Crippen MR) is 68.4 cm³/mol. The molecule has 88 valence electrons. The van der Waals surface area contributed by atoms with E-state index >= 15 is 0 Å². The van der Waals surface area contributed by atoms with Gasteiger partial charge in [-0.3, -0.25) is 0 Å². The normalized spacial score (nSPS) is 12.3. The maximum Gasteiger partial charge on any atom is 0.120 e. The molecule has 0 saturated carbocycles. The standard InChI is InChI=1S/C12H15Cl2NO/c1-8(9(2)16-15)6-11-10(7-13)4-3-5-12(11)14/h3-5H,6-7,15H2,1-2H3/b9-8-. The van der Waals surface area contributed by atoms with Crippen LogP contribution in [0.4, 0.5) is 0 Å². The van der Waals surface area contributed by atoms with Crippen LogP contribution in [0.3, 0.4) is 0 Å². The molecule has 1 aromatic carbocycles. The largest absolute Gasteiger partial charge is 0.416 e. The lowest BCUT2D eigenvalue weighted by molar-refractivity contribution is 0.218. The first-order chi connectivity index (χ1) is 7.60. The SMILES string of the molecule is C/C(Cc1c(Cl)cccc1CCl)=C(\C)ON. The average molecular weight is 260 g/mol. The molecule has 0 fully saturated rings. The van der Waals surface area contributed by atoms with Crippen LogP contribution in [0.5, 0.6) is 0 Å². The fraction of sp³-hybridized carbons (Fsp3) is 0.333. The minimum atomic E-state index is 0.450. The van der Waals surface area contributed by atoms with Crippen LogP contribution < -0.4 is 5.90 Å². The second-order valence-electron chi connectivity index (χ2n) is 3.64. The Labute approximate surface area is 106 Å². The van der Waals surface area contributed by atoms with Crippen molar-refractivity contribution in [2.24, 2.45) is 5.90 Å². The second-order valence-corrected chi connectivity index (χ2v) is 4.32.